The molecule has 0 spiro atoms. The van der Waals surface area contributed by atoms with Crippen LogP contribution in [0.15, 0.2) is 77.1 Å². The Hall–Kier alpha value is -3.54. The van der Waals surface area contributed by atoms with E-state index in [0.717, 1.165) is 28.1 Å². The molecule has 0 aliphatic carbocycles. The molecule has 1 aliphatic rings. The third kappa shape index (κ3) is 3.55. The summed E-state index contributed by atoms with van der Waals surface area (Å²) in [7, 11) is 0. The van der Waals surface area contributed by atoms with Crippen molar-refractivity contribution in [3.8, 4) is 5.75 Å². The summed E-state index contributed by atoms with van der Waals surface area (Å²) >= 11 is 0. The molecule has 0 saturated heterocycles. The van der Waals surface area contributed by atoms with Gasteiger partial charge in [0.1, 0.15) is 17.3 Å². The molecule has 0 atom stereocenters. The van der Waals surface area contributed by atoms with Crippen LogP contribution in [0.5, 0.6) is 5.75 Å². The van der Waals surface area contributed by atoms with Crippen LogP contribution in [0.25, 0.3) is 0 Å². The van der Waals surface area contributed by atoms with Gasteiger partial charge < -0.3 is 4.74 Å². The standard InChI is InChI=1S/C21H17FN4O/c1-2-27-17-9-10-19-18(12-17)20(15-4-3-11-23-13-15)25-26-21(24-19)14-5-7-16(22)8-6-14/h3-13H,2H2,1H3,(H,24,26). The van der Waals surface area contributed by atoms with E-state index in [9.17, 15) is 4.39 Å². The van der Waals surface area contributed by atoms with Crippen LogP contribution in [0.4, 0.5) is 10.1 Å². The van der Waals surface area contributed by atoms with Crippen LogP contribution in [0.3, 0.4) is 0 Å². The fraction of sp³-hybridized carbons (Fsp3) is 0.0952. The Kier molecular flexibility index (Phi) is 4.61. The zero-order valence-corrected chi connectivity index (χ0v) is 14.7. The maximum absolute atomic E-state index is 13.3. The second-order valence-corrected chi connectivity index (χ2v) is 5.89. The molecule has 2 aromatic carbocycles. The molecule has 1 N–H and O–H groups in total. The number of fused-ring (bicyclic) bond motifs is 1. The molecule has 1 aliphatic heterocycles. The van der Waals surface area contributed by atoms with E-state index >= 15 is 0 Å². The summed E-state index contributed by atoms with van der Waals surface area (Å²) in [4.78, 5) is 8.90. The highest BCUT2D eigenvalue weighted by atomic mass is 19.1. The third-order valence-electron chi connectivity index (χ3n) is 4.09. The maximum Gasteiger partial charge on any atom is 0.154 e. The number of halogens is 1. The molecule has 0 radical (unpaired) electrons. The second-order valence-electron chi connectivity index (χ2n) is 5.89. The Morgan fingerprint density at radius 1 is 1.04 bits per heavy atom. The van der Waals surface area contributed by atoms with E-state index in [4.69, 9.17) is 9.73 Å². The molecular weight excluding hydrogens is 343 g/mol. The molecule has 0 saturated carbocycles. The molecule has 1 aromatic heterocycles. The quantitative estimate of drug-likeness (QED) is 0.763. The lowest BCUT2D eigenvalue weighted by molar-refractivity contribution is 0.340. The van der Waals surface area contributed by atoms with Gasteiger partial charge in [-0.3, -0.25) is 10.4 Å². The average molecular weight is 360 g/mol. The molecule has 3 aromatic rings. The minimum absolute atomic E-state index is 0.297. The summed E-state index contributed by atoms with van der Waals surface area (Å²) in [6.45, 7) is 2.51. The fourth-order valence-electron chi connectivity index (χ4n) is 2.83. The van der Waals surface area contributed by atoms with Crippen molar-refractivity contribution in [2.75, 3.05) is 6.61 Å². The summed E-state index contributed by atoms with van der Waals surface area (Å²) < 4.78 is 18.9. The largest absolute Gasteiger partial charge is 0.494 e. The molecule has 27 heavy (non-hydrogen) atoms. The van der Waals surface area contributed by atoms with E-state index in [1.807, 2.05) is 37.3 Å². The van der Waals surface area contributed by atoms with Gasteiger partial charge in [-0.1, -0.05) is 0 Å². The Morgan fingerprint density at radius 3 is 2.63 bits per heavy atom. The molecule has 6 heteroatoms. The topological polar surface area (TPSA) is 58.9 Å². The van der Waals surface area contributed by atoms with Crippen LogP contribution in [0.2, 0.25) is 0 Å². The van der Waals surface area contributed by atoms with Gasteiger partial charge in [0.15, 0.2) is 5.84 Å². The van der Waals surface area contributed by atoms with Crippen molar-refractivity contribution in [1.29, 1.82) is 0 Å². The lowest BCUT2D eigenvalue weighted by atomic mass is 10.0. The van der Waals surface area contributed by atoms with Crippen LogP contribution >= 0.6 is 0 Å². The van der Waals surface area contributed by atoms with Gasteiger partial charge in [-0.15, -0.1) is 0 Å². The highest BCUT2D eigenvalue weighted by Crippen LogP contribution is 2.29. The van der Waals surface area contributed by atoms with Crippen LogP contribution in [-0.4, -0.2) is 23.1 Å². The van der Waals surface area contributed by atoms with Gasteiger partial charge in [-0.2, -0.15) is 5.10 Å². The van der Waals surface area contributed by atoms with Crippen molar-refractivity contribution in [2.45, 2.75) is 6.92 Å². The monoisotopic (exact) mass is 360 g/mol. The minimum atomic E-state index is -0.297. The van der Waals surface area contributed by atoms with E-state index in [1.54, 1.807) is 24.5 Å². The van der Waals surface area contributed by atoms with Gasteiger partial charge in [0.05, 0.1) is 12.3 Å². The van der Waals surface area contributed by atoms with Crippen LogP contribution in [-0.2, 0) is 0 Å². The van der Waals surface area contributed by atoms with E-state index in [-0.39, 0.29) is 5.82 Å². The smallest absolute Gasteiger partial charge is 0.154 e. The number of amidine groups is 1. The zero-order valence-electron chi connectivity index (χ0n) is 14.7. The van der Waals surface area contributed by atoms with Crippen molar-refractivity contribution in [3.05, 3.63) is 89.5 Å². The van der Waals surface area contributed by atoms with Gasteiger partial charge in [0, 0.05) is 29.1 Å². The van der Waals surface area contributed by atoms with E-state index in [2.05, 4.69) is 15.5 Å². The van der Waals surface area contributed by atoms with Crippen molar-refractivity contribution < 1.29 is 9.13 Å². The minimum Gasteiger partial charge on any atom is -0.494 e. The molecular formula is C21H17FN4O. The lowest BCUT2D eigenvalue weighted by Gasteiger charge is -2.10. The lowest BCUT2D eigenvalue weighted by Crippen LogP contribution is -2.19. The normalized spacial score (nSPS) is 13.0. The highest BCUT2D eigenvalue weighted by molar-refractivity contribution is 6.18. The number of ether oxygens (including phenoxy) is 1. The average Bonchev–Trinajstić information content (AvgIpc) is 2.89. The van der Waals surface area contributed by atoms with Crippen LogP contribution in [0, 0.1) is 5.82 Å². The maximum atomic E-state index is 13.3. The SMILES string of the molecule is CCOc1ccc2c(c1)C(c1cccnc1)=NNC(c1ccc(F)cc1)=N2. The number of rotatable bonds is 4. The number of hydrogen-bond acceptors (Lipinski definition) is 5. The van der Waals surface area contributed by atoms with Crippen LogP contribution < -0.4 is 10.2 Å². The van der Waals surface area contributed by atoms with Gasteiger partial charge in [-0.05, 0) is 61.5 Å². The number of nitrogens with zero attached hydrogens (tertiary/aromatic N) is 3. The first-order valence-electron chi connectivity index (χ1n) is 8.60. The predicted octanol–water partition coefficient (Wildman–Crippen LogP) is 4.05. The number of aromatic nitrogens is 1. The van der Waals surface area contributed by atoms with Gasteiger partial charge in [-0.25, -0.2) is 9.38 Å². The van der Waals surface area contributed by atoms with Crippen molar-refractivity contribution in [1.82, 2.24) is 10.4 Å². The molecule has 0 amide bonds. The summed E-state index contributed by atoms with van der Waals surface area (Å²) in [5, 5.41) is 4.56. The Balaban J connectivity index is 1.85. The molecule has 0 unspecified atom stereocenters. The Labute approximate surface area is 156 Å². The van der Waals surface area contributed by atoms with Gasteiger partial charge in [0.25, 0.3) is 0 Å². The van der Waals surface area contributed by atoms with Crippen molar-refractivity contribution in [2.24, 2.45) is 10.1 Å². The first-order valence-corrected chi connectivity index (χ1v) is 8.60. The number of aliphatic imine (C=N–C) groups is 1. The number of nitrogens with one attached hydrogen (secondary N) is 1. The molecule has 0 fully saturated rings. The third-order valence-corrected chi connectivity index (χ3v) is 4.09. The Bertz CT molecular complexity index is 1010. The predicted molar refractivity (Wildman–Crippen MR) is 103 cm³/mol. The summed E-state index contributed by atoms with van der Waals surface area (Å²) in [5.74, 6) is 0.988. The van der Waals surface area contributed by atoms with Crippen molar-refractivity contribution in [3.63, 3.8) is 0 Å². The van der Waals surface area contributed by atoms with Crippen LogP contribution in [0.1, 0.15) is 23.6 Å². The zero-order chi connectivity index (χ0) is 18.6. The first kappa shape index (κ1) is 16.9. The number of hydrogen-bond donors (Lipinski definition) is 1. The summed E-state index contributed by atoms with van der Waals surface area (Å²) in [6.07, 6.45) is 3.46. The number of hydrazone groups is 1. The van der Waals surface area contributed by atoms with Gasteiger partial charge in [0.2, 0.25) is 0 Å². The van der Waals surface area contributed by atoms with E-state index < -0.39 is 0 Å². The van der Waals surface area contributed by atoms with E-state index in [0.29, 0.717) is 18.2 Å². The fourth-order valence-corrected chi connectivity index (χ4v) is 2.83. The summed E-state index contributed by atoms with van der Waals surface area (Å²) in [6, 6.07) is 15.6. The summed E-state index contributed by atoms with van der Waals surface area (Å²) in [5.41, 5.74) is 6.89. The first-order chi connectivity index (χ1) is 13.2. The highest BCUT2D eigenvalue weighted by Gasteiger charge is 2.18. The number of pyridine rings is 1. The number of benzene rings is 2. The molecule has 4 rings (SSSR count). The Morgan fingerprint density at radius 2 is 1.89 bits per heavy atom. The van der Waals surface area contributed by atoms with Gasteiger partial charge >= 0.3 is 0 Å². The van der Waals surface area contributed by atoms with Crippen molar-refractivity contribution >= 4 is 17.2 Å². The molecule has 134 valence electrons. The van der Waals surface area contributed by atoms with E-state index in [1.165, 1.54) is 12.1 Å². The molecule has 5 nitrogen and oxygen atoms in total. The molecule has 2 heterocycles. The second kappa shape index (κ2) is 7.37. The molecule has 0 bridgehead atoms.